The number of nitrogens with two attached hydrogens (primary N) is 1. The molecule has 0 radical (unpaired) electrons. The first-order chi connectivity index (χ1) is 8.95. The molecule has 0 fully saturated rings. The highest BCUT2D eigenvalue weighted by Gasteiger charge is 2.35. The van der Waals surface area contributed by atoms with Crippen LogP contribution in [-0.2, 0) is 14.8 Å². The summed E-state index contributed by atoms with van der Waals surface area (Å²) in [7, 11) is -3.47. The Kier molecular flexibility index (Phi) is 3.66. The van der Waals surface area contributed by atoms with E-state index in [0.717, 1.165) is 0 Å². The van der Waals surface area contributed by atoms with Crippen LogP contribution in [0.1, 0.15) is 13.3 Å². The van der Waals surface area contributed by atoms with Gasteiger partial charge in [-0.15, -0.1) is 0 Å². The van der Waals surface area contributed by atoms with E-state index in [9.17, 15) is 13.2 Å². The van der Waals surface area contributed by atoms with Crippen molar-refractivity contribution < 1.29 is 17.9 Å². The lowest BCUT2D eigenvalue weighted by Gasteiger charge is -2.34. The molecule has 1 aliphatic heterocycles. The number of nitrogens with zero attached hydrogens (tertiary/aromatic N) is 1. The van der Waals surface area contributed by atoms with Gasteiger partial charge in [0.15, 0.2) is 6.10 Å². The lowest BCUT2D eigenvalue weighted by Crippen LogP contribution is -2.49. The summed E-state index contributed by atoms with van der Waals surface area (Å²) in [6.45, 7) is 1.71. The fraction of sp³-hybridized carbons (Fsp3) is 0.417. The Morgan fingerprint density at radius 3 is 2.79 bits per heavy atom. The van der Waals surface area contributed by atoms with Gasteiger partial charge in [0, 0.05) is 0 Å². The summed E-state index contributed by atoms with van der Waals surface area (Å²) in [5, 5.41) is 0. The SMILES string of the molecule is CCCS(=O)(=O)N1CC(C(N)=O)Oc2ccccc21. The number of rotatable bonds is 4. The number of ether oxygens (including phenoxy) is 1. The van der Waals surface area contributed by atoms with Gasteiger partial charge in [-0.05, 0) is 18.6 Å². The molecule has 1 heterocycles. The van der Waals surface area contributed by atoms with Crippen LogP contribution in [0.5, 0.6) is 5.75 Å². The molecule has 0 saturated heterocycles. The van der Waals surface area contributed by atoms with E-state index < -0.39 is 22.0 Å². The first kappa shape index (κ1) is 13.7. The fourth-order valence-corrected chi connectivity index (χ4v) is 3.53. The summed E-state index contributed by atoms with van der Waals surface area (Å²) in [5.74, 6) is -0.296. The van der Waals surface area contributed by atoms with E-state index in [1.165, 1.54) is 4.31 Å². The third kappa shape index (κ3) is 2.65. The van der Waals surface area contributed by atoms with Gasteiger partial charge in [0.2, 0.25) is 10.0 Å². The second-order valence-electron chi connectivity index (χ2n) is 4.32. The highest BCUT2D eigenvalue weighted by molar-refractivity contribution is 7.92. The highest BCUT2D eigenvalue weighted by Crippen LogP contribution is 2.34. The molecular formula is C12H16N2O4S. The van der Waals surface area contributed by atoms with E-state index >= 15 is 0 Å². The molecule has 0 spiro atoms. The first-order valence-electron chi connectivity index (χ1n) is 6.01. The molecule has 6 nitrogen and oxygen atoms in total. The smallest absolute Gasteiger partial charge is 0.260 e. The number of fused-ring (bicyclic) bond motifs is 1. The zero-order valence-electron chi connectivity index (χ0n) is 10.6. The summed E-state index contributed by atoms with van der Waals surface area (Å²) in [4.78, 5) is 11.3. The molecule has 7 heteroatoms. The zero-order chi connectivity index (χ0) is 14.0. The molecule has 2 rings (SSSR count). The van der Waals surface area contributed by atoms with Gasteiger partial charge in [-0.25, -0.2) is 8.42 Å². The number of sulfonamides is 1. The molecule has 19 heavy (non-hydrogen) atoms. The number of hydrogen-bond acceptors (Lipinski definition) is 4. The summed E-state index contributed by atoms with van der Waals surface area (Å²) in [6, 6.07) is 6.72. The first-order valence-corrected chi connectivity index (χ1v) is 7.62. The summed E-state index contributed by atoms with van der Waals surface area (Å²) >= 11 is 0. The average molecular weight is 284 g/mol. The molecule has 0 aromatic heterocycles. The van der Waals surface area contributed by atoms with Crippen molar-refractivity contribution in [2.45, 2.75) is 19.4 Å². The van der Waals surface area contributed by atoms with Crippen LogP contribution in [0.3, 0.4) is 0 Å². The third-order valence-electron chi connectivity index (χ3n) is 2.85. The Morgan fingerprint density at radius 2 is 2.16 bits per heavy atom. The number of primary amides is 1. The number of carbonyl (C=O) groups is 1. The van der Waals surface area contributed by atoms with E-state index in [1.807, 2.05) is 0 Å². The summed E-state index contributed by atoms with van der Waals surface area (Å²) in [5.41, 5.74) is 5.67. The van der Waals surface area contributed by atoms with Crippen molar-refractivity contribution in [3.8, 4) is 5.75 Å². The van der Waals surface area contributed by atoms with Crippen LogP contribution >= 0.6 is 0 Å². The van der Waals surface area contributed by atoms with Gasteiger partial charge in [-0.3, -0.25) is 9.10 Å². The Balaban J connectivity index is 2.45. The van der Waals surface area contributed by atoms with E-state index in [1.54, 1.807) is 31.2 Å². The Bertz CT molecular complexity index is 585. The van der Waals surface area contributed by atoms with Crippen molar-refractivity contribution >= 4 is 21.6 Å². The van der Waals surface area contributed by atoms with Crippen molar-refractivity contribution in [2.75, 3.05) is 16.6 Å². The number of para-hydroxylation sites is 2. The number of hydrogen-bond donors (Lipinski definition) is 1. The monoisotopic (exact) mass is 284 g/mol. The predicted octanol–water partition coefficient (Wildman–Crippen LogP) is 0.479. The Hall–Kier alpha value is -1.76. The molecule has 0 aliphatic carbocycles. The molecule has 2 N–H and O–H groups in total. The van der Waals surface area contributed by atoms with Crippen LogP contribution in [0.2, 0.25) is 0 Å². The van der Waals surface area contributed by atoms with Crippen molar-refractivity contribution in [3.05, 3.63) is 24.3 Å². The maximum atomic E-state index is 12.2. The summed E-state index contributed by atoms with van der Waals surface area (Å²) in [6.07, 6.45) is -0.454. The van der Waals surface area contributed by atoms with Crippen LogP contribution in [0.4, 0.5) is 5.69 Å². The largest absolute Gasteiger partial charge is 0.476 e. The van der Waals surface area contributed by atoms with Gasteiger partial charge in [0.05, 0.1) is 18.0 Å². The minimum atomic E-state index is -3.47. The van der Waals surface area contributed by atoms with Crippen molar-refractivity contribution in [2.24, 2.45) is 5.73 Å². The standard InChI is InChI=1S/C12H16N2O4S/c1-2-7-19(16,17)14-8-11(12(13)15)18-10-6-4-3-5-9(10)14/h3-6,11H,2,7-8H2,1H3,(H2,13,15). The summed E-state index contributed by atoms with van der Waals surface area (Å²) < 4.78 is 31.1. The van der Waals surface area contributed by atoms with Crippen molar-refractivity contribution in [3.63, 3.8) is 0 Å². The molecule has 0 saturated carbocycles. The third-order valence-corrected chi connectivity index (χ3v) is 4.79. The van der Waals surface area contributed by atoms with E-state index in [0.29, 0.717) is 17.9 Å². The number of amides is 1. The fourth-order valence-electron chi connectivity index (χ4n) is 1.98. The van der Waals surface area contributed by atoms with Crippen LogP contribution in [0.15, 0.2) is 24.3 Å². The molecule has 1 aromatic carbocycles. The van der Waals surface area contributed by atoms with E-state index in [-0.39, 0.29) is 12.3 Å². The van der Waals surface area contributed by atoms with E-state index in [4.69, 9.17) is 10.5 Å². The molecule has 104 valence electrons. The zero-order valence-corrected chi connectivity index (χ0v) is 11.4. The minimum Gasteiger partial charge on any atom is -0.476 e. The van der Waals surface area contributed by atoms with Gasteiger partial charge in [0.1, 0.15) is 5.75 Å². The van der Waals surface area contributed by atoms with Gasteiger partial charge < -0.3 is 10.5 Å². The van der Waals surface area contributed by atoms with Crippen molar-refractivity contribution in [1.82, 2.24) is 0 Å². The molecule has 1 unspecified atom stereocenters. The minimum absolute atomic E-state index is 0.0207. The predicted molar refractivity (Wildman–Crippen MR) is 71.5 cm³/mol. The molecule has 1 aromatic rings. The van der Waals surface area contributed by atoms with Crippen LogP contribution in [0.25, 0.3) is 0 Å². The van der Waals surface area contributed by atoms with Gasteiger partial charge in [-0.2, -0.15) is 0 Å². The second-order valence-corrected chi connectivity index (χ2v) is 6.34. The lowest BCUT2D eigenvalue weighted by molar-refractivity contribution is -0.124. The topological polar surface area (TPSA) is 89.7 Å². The number of anilines is 1. The molecule has 1 atom stereocenters. The average Bonchev–Trinajstić information content (AvgIpc) is 2.37. The van der Waals surface area contributed by atoms with Crippen LogP contribution in [0, 0.1) is 0 Å². The normalized spacial score (nSPS) is 18.6. The van der Waals surface area contributed by atoms with Gasteiger partial charge in [0.25, 0.3) is 5.91 Å². The van der Waals surface area contributed by atoms with E-state index in [2.05, 4.69) is 0 Å². The van der Waals surface area contributed by atoms with Gasteiger partial charge in [-0.1, -0.05) is 19.1 Å². The maximum Gasteiger partial charge on any atom is 0.260 e. The quantitative estimate of drug-likeness (QED) is 0.870. The second kappa shape index (κ2) is 5.08. The molecule has 1 amide bonds. The van der Waals surface area contributed by atoms with Gasteiger partial charge >= 0.3 is 0 Å². The maximum absolute atomic E-state index is 12.2. The number of carbonyl (C=O) groups excluding carboxylic acids is 1. The van der Waals surface area contributed by atoms with Crippen molar-refractivity contribution in [1.29, 1.82) is 0 Å². The molecular weight excluding hydrogens is 268 g/mol. The van der Waals surface area contributed by atoms with Crippen LogP contribution < -0.4 is 14.8 Å². The lowest BCUT2D eigenvalue weighted by atomic mass is 10.2. The van der Waals surface area contributed by atoms with Crippen LogP contribution in [-0.4, -0.2) is 32.7 Å². The highest BCUT2D eigenvalue weighted by atomic mass is 32.2. The number of benzene rings is 1. The molecule has 0 bridgehead atoms. The molecule has 1 aliphatic rings. The Morgan fingerprint density at radius 1 is 1.47 bits per heavy atom. The Labute approximate surface area is 112 Å².